The van der Waals surface area contributed by atoms with Gasteiger partial charge in [0.15, 0.2) is 0 Å². The average Bonchev–Trinajstić information content (AvgIpc) is 2.29. The molecule has 3 N–H and O–H groups in total. The van der Waals surface area contributed by atoms with Gasteiger partial charge in [-0.1, -0.05) is 18.5 Å². The number of nitrogen functional groups attached to an aromatic ring is 1. The Balaban J connectivity index is 2.42. The number of nitrogens with two attached hydrogens (primary N) is 1. The fourth-order valence-electron chi connectivity index (χ4n) is 1.26. The van der Waals surface area contributed by atoms with E-state index in [4.69, 9.17) is 22.1 Å². The molecule has 94 valence electrons. The van der Waals surface area contributed by atoms with Crippen molar-refractivity contribution in [1.29, 1.82) is 0 Å². The van der Waals surface area contributed by atoms with Crippen molar-refractivity contribution in [2.45, 2.75) is 19.8 Å². The molecule has 1 aromatic carbocycles. The van der Waals surface area contributed by atoms with Crippen LogP contribution < -0.4 is 11.1 Å². The number of benzene rings is 1. The summed E-state index contributed by atoms with van der Waals surface area (Å²) in [6.45, 7) is 3.11. The summed E-state index contributed by atoms with van der Waals surface area (Å²) in [7, 11) is 0. The van der Waals surface area contributed by atoms with Gasteiger partial charge in [0, 0.05) is 12.3 Å². The van der Waals surface area contributed by atoms with E-state index in [9.17, 15) is 4.79 Å². The predicted octanol–water partition coefficient (Wildman–Crippen LogP) is 2.68. The number of carbonyl (C=O) groups excluding carboxylic acids is 1. The van der Waals surface area contributed by atoms with Gasteiger partial charge in [-0.2, -0.15) is 0 Å². The minimum atomic E-state index is -0.131. The lowest BCUT2D eigenvalue weighted by Gasteiger charge is -2.08. The Labute approximate surface area is 106 Å². The molecule has 0 atom stereocenters. The van der Waals surface area contributed by atoms with Crippen LogP contribution in [-0.4, -0.2) is 19.1 Å². The van der Waals surface area contributed by atoms with Crippen molar-refractivity contribution in [2.75, 3.05) is 24.3 Å². The summed E-state index contributed by atoms with van der Waals surface area (Å²) in [5, 5.41) is 3.17. The number of hydrogen-bond donors (Lipinski definition) is 2. The molecule has 0 spiro atoms. The van der Waals surface area contributed by atoms with E-state index in [2.05, 4.69) is 5.32 Å². The third kappa shape index (κ3) is 5.06. The van der Waals surface area contributed by atoms with Gasteiger partial charge in [-0.3, -0.25) is 4.79 Å². The van der Waals surface area contributed by atoms with Gasteiger partial charge in [0.05, 0.1) is 23.7 Å². The third-order valence-electron chi connectivity index (χ3n) is 2.09. The molecule has 5 heteroatoms. The number of amides is 1. The van der Waals surface area contributed by atoms with Crippen LogP contribution in [0.4, 0.5) is 11.4 Å². The van der Waals surface area contributed by atoms with E-state index in [0.29, 0.717) is 36.0 Å². The van der Waals surface area contributed by atoms with E-state index < -0.39 is 0 Å². The maximum Gasteiger partial charge on any atom is 0.226 e. The van der Waals surface area contributed by atoms with E-state index in [1.807, 2.05) is 6.92 Å². The van der Waals surface area contributed by atoms with Crippen molar-refractivity contribution in [2.24, 2.45) is 0 Å². The van der Waals surface area contributed by atoms with E-state index in [1.165, 1.54) is 0 Å². The molecule has 17 heavy (non-hydrogen) atoms. The van der Waals surface area contributed by atoms with E-state index in [1.54, 1.807) is 18.2 Å². The lowest BCUT2D eigenvalue weighted by molar-refractivity contribution is -0.117. The zero-order chi connectivity index (χ0) is 12.7. The molecule has 0 aromatic heterocycles. The maximum atomic E-state index is 11.5. The first-order chi connectivity index (χ1) is 8.13. The quantitative estimate of drug-likeness (QED) is 0.608. The molecule has 1 rings (SSSR count). The summed E-state index contributed by atoms with van der Waals surface area (Å²) < 4.78 is 5.23. The molecular weight excluding hydrogens is 240 g/mol. The van der Waals surface area contributed by atoms with Crippen LogP contribution in [0.25, 0.3) is 0 Å². The SMILES string of the molecule is CCCOCCC(=O)Nc1cc(N)ccc1Cl. The van der Waals surface area contributed by atoms with Gasteiger partial charge in [-0.25, -0.2) is 0 Å². The lowest BCUT2D eigenvalue weighted by atomic mass is 10.2. The first kappa shape index (κ1) is 13.8. The summed E-state index contributed by atoms with van der Waals surface area (Å²) in [6, 6.07) is 4.97. The van der Waals surface area contributed by atoms with Gasteiger partial charge < -0.3 is 15.8 Å². The van der Waals surface area contributed by atoms with Gasteiger partial charge in [-0.05, 0) is 24.6 Å². The van der Waals surface area contributed by atoms with Crippen LogP contribution in [-0.2, 0) is 9.53 Å². The summed E-state index contributed by atoms with van der Waals surface area (Å²) in [4.78, 5) is 11.5. The van der Waals surface area contributed by atoms with Crippen LogP contribution in [0, 0.1) is 0 Å². The Bertz CT molecular complexity index is 383. The smallest absolute Gasteiger partial charge is 0.226 e. The highest BCUT2D eigenvalue weighted by Crippen LogP contribution is 2.24. The Morgan fingerprint density at radius 2 is 2.24 bits per heavy atom. The normalized spacial score (nSPS) is 10.2. The molecule has 0 radical (unpaired) electrons. The second-order valence-electron chi connectivity index (χ2n) is 3.65. The molecule has 0 aliphatic heterocycles. The van der Waals surface area contributed by atoms with Crippen molar-refractivity contribution in [3.05, 3.63) is 23.2 Å². The van der Waals surface area contributed by atoms with Crippen molar-refractivity contribution in [3.63, 3.8) is 0 Å². The van der Waals surface area contributed by atoms with Crippen LogP contribution in [0.15, 0.2) is 18.2 Å². The second kappa shape index (κ2) is 7.14. The molecule has 0 unspecified atom stereocenters. The minimum absolute atomic E-state index is 0.131. The number of rotatable bonds is 6. The van der Waals surface area contributed by atoms with Crippen LogP contribution in [0.2, 0.25) is 5.02 Å². The fourth-order valence-corrected chi connectivity index (χ4v) is 1.43. The number of hydrogen-bond acceptors (Lipinski definition) is 3. The van der Waals surface area contributed by atoms with Crippen LogP contribution >= 0.6 is 11.6 Å². The molecule has 0 aliphatic rings. The Hall–Kier alpha value is -1.26. The van der Waals surface area contributed by atoms with Gasteiger partial charge >= 0.3 is 0 Å². The number of halogens is 1. The fraction of sp³-hybridized carbons (Fsp3) is 0.417. The summed E-state index contributed by atoms with van der Waals surface area (Å²) in [6.07, 6.45) is 1.26. The van der Waals surface area contributed by atoms with Crippen molar-refractivity contribution in [1.82, 2.24) is 0 Å². The number of ether oxygens (including phenoxy) is 1. The van der Waals surface area contributed by atoms with E-state index >= 15 is 0 Å². The van der Waals surface area contributed by atoms with Crippen LogP contribution in [0.3, 0.4) is 0 Å². The molecule has 1 aromatic rings. The number of anilines is 2. The van der Waals surface area contributed by atoms with Gasteiger partial charge in [0.25, 0.3) is 0 Å². The van der Waals surface area contributed by atoms with Crippen molar-refractivity contribution in [3.8, 4) is 0 Å². The van der Waals surface area contributed by atoms with E-state index in [-0.39, 0.29) is 5.91 Å². The topological polar surface area (TPSA) is 64.3 Å². The minimum Gasteiger partial charge on any atom is -0.399 e. The molecule has 0 heterocycles. The molecule has 0 aliphatic carbocycles. The van der Waals surface area contributed by atoms with Gasteiger partial charge in [0.2, 0.25) is 5.91 Å². The van der Waals surface area contributed by atoms with E-state index in [0.717, 1.165) is 6.42 Å². The van der Waals surface area contributed by atoms with Crippen molar-refractivity contribution >= 4 is 28.9 Å². The standard InChI is InChI=1S/C12H17ClN2O2/c1-2-6-17-7-5-12(16)15-11-8-9(14)3-4-10(11)13/h3-4,8H,2,5-7,14H2,1H3,(H,15,16). The Morgan fingerprint density at radius 1 is 1.47 bits per heavy atom. The molecule has 0 saturated carbocycles. The highest BCUT2D eigenvalue weighted by atomic mass is 35.5. The van der Waals surface area contributed by atoms with Crippen molar-refractivity contribution < 1.29 is 9.53 Å². The zero-order valence-corrected chi connectivity index (χ0v) is 10.6. The molecular formula is C12H17ClN2O2. The predicted molar refractivity (Wildman–Crippen MR) is 70.2 cm³/mol. The van der Waals surface area contributed by atoms with Crippen LogP contribution in [0.1, 0.15) is 19.8 Å². The lowest BCUT2D eigenvalue weighted by Crippen LogP contribution is -2.14. The monoisotopic (exact) mass is 256 g/mol. The van der Waals surface area contributed by atoms with Gasteiger partial charge in [-0.15, -0.1) is 0 Å². The highest BCUT2D eigenvalue weighted by molar-refractivity contribution is 6.33. The Morgan fingerprint density at radius 3 is 2.94 bits per heavy atom. The molecule has 0 fully saturated rings. The molecule has 0 saturated heterocycles. The third-order valence-corrected chi connectivity index (χ3v) is 2.42. The summed E-state index contributed by atoms with van der Waals surface area (Å²) in [5.74, 6) is -0.131. The average molecular weight is 257 g/mol. The second-order valence-corrected chi connectivity index (χ2v) is 4.06. The summed E-state index contributed by atoms with van der Waals surface area (Å²) >= 11 is 5.92. The van der Waals surface area contributed by atoms with Crippen LogP contribution in [0.5, 0.6) is 0 Å². The zero-order valence-electron chi connectivity index (χ0n) is 9.83. The first-order valence-corrected chi connectivity index (χ1v) is 5.94. The number of nitrogens with one attached hydrogen (secondary N) is 1. The van der Waals surface area contributed by atoms with Gasteiger partial charge in [0.1, 0.15) is 0 Å². The molecule has 4 nitrogen and oxygen atoms in total. The molecule has 0 bridgehead atoms. The molecule has 1 amide bonds. The number of carbonyl (C=O) groups is 1. The Kier molecular flexibility index (Phi) is 5.80. The highest BCUT2D eigenvalue weighted by Gasteiger charge is 2.06. The summed E-state index contributed by atoms with van der Waals surface area (Å²) in [5.41, 5.74) is 6.70. The first-order valence-electron chi connectivity index (χ1n) is 5.56. The largest absolute Gasteiger partial charge is 0.399 e. The maximum absolute atomic E-state index is 11.5.